The zero-order chi connectivity index (χ0) is 10.9. The van der Waals surface area contributed by atoms with Crippen LogP contribution in [-0.4, -0.2) is 12.7 Å². The van der Waals surface area contributed by atoms with Gasteiger partial charge in [0.05, 0.1) is 12.7 Å². The molecule has 0 aliphatic heterocycles. The second-order valence-electron chi connectivity index (χ2n) is 3.62. The van der Waals surface area contributed by atoms with Crippen LogP contribution in [0, 0.1) is 12.8 Å². The van der Waals surface area contributed by atoms with Crippen molar-refractivity contribution in [3.05, 3.63) is 60.9 Å². The Labute approximate surface area is 109 Å². The molecule has 0 bridgehead atoms. The predicted octanol–water partition coefficient (Wildman–Crippen LogP) is 3.43. The van der Waals surface area contributed by atoms with Crippen molar-refractivity contribution < 1.29 is 21.8 Å². The quantitative estimate of drug-likeness (QED) is 0.705. The summed E-state index contributed by atoms with van der Waals surface area (Å²) >= 11 is 0. The first kappa shape index (κ1) is 15.4. The summed E-state index contributed by atoms with van der Waals surface area (Å²) in [6.07, 6.45) is 18.5. The van der Waals surface area contributed by atoms with E-state index in [0.717, 1.165) is 6.61 Å². The Kier molecular flexibility index (Phi) is 9.31. The maximum Gasteiger partial charge on any atom is 0.0689 e. The molecule has 0 aromatic rings. The molecule has 0 N–H and O–H groups in total. The van der Waals surface area contributed by atoms with Crippen molar-refractivity contribution in [2.45, 2.75) is 20.0 Å². The summed E-state index contributed by atoms with van der Waals surface area (Å²) in [4.78, 5) is 0. The van der Waals surface area contributed by atoms with Gasteiger partial charge in [0.25, 0.3) is 0 Å². The van der Waals surface area contributed by atoms with Crippen LogP contribution in [0.2, 0.25) is 0 Å². The van der Waals surface area contributed by atoms with E-state index in [1.54, 1.807) is 0 Å². The van der Waals surface area contributed by atoms with E-state index < -0.39 is 0 Å². The predicted molar refractivity (Wildman–Crippen MR) is 65.2 cm³/mol. The third kappa shape index (κ3) is 7.70. The Morgan fingerprint density at radius 1 is 1.00 bits per heavy atom. The number of hydrogen-bond acceptors (Lipinski definition) is 1. The molecular weight excluding hydrogens is 240 g/mol. The van der Waals surface area contributed by atoms with Crippen LogP contribution in [0.25, 0.3) is 0 Å². The van der Waals surface area contributed by atoms with Gasteiger partial charge in [-0.25, -0.2) is 0 Å². The molecule has 0 aromatic heterocycles. The molecule has 0 saturated carbocycles. The molecule has 2 heteroatoms. The van der Waals surface area contributed by atoms with E-state index >= 15 is 0 Å². The Balaban J connectivity index is 0.000000318. The minimum Gasteiger partial charge on any atom is -0.374 e. The Morgan fingerprint density at radius 2 is 1.69 bits per heavy atom. The first-order valence-corrected chi connectivity index (χ1v) is 5.28. The summed E-state index contributed by atoms with van der Waals surface area (Å²) in [6, 6.07) is 0. The molecule has 0 aromatic carbocycles. The molecule has 16 heavy (non-hydrogen) atoms. The minimum atomic E-state index is 0. The average Bonchev–Trinajstić information content (AvgIpc) is 2.91. The van der Waals surface area contributed by atoms with Crippen LogP contribution >= 0.6 is 0 Å². The van der Waals surface area contributed by atoms with Crippen LogP contribution in [0.5, 0.6) is 0 Å². The number of rotatable bonds is 3. The van der Waals surface area contributed by atoms with Crippen molar-refractivity contribution in [2.24, 2.45) is 0 Å². The molecule has 0 unspecified atom stereocenters. The summed E-state index contributed by atoms with van der Waals surface area (Å²) < 4.78 is 5.39. The van der Waals surface area contributed by atoms with E-state index in [9.17, 15) is 0 Å². The monoisotopic (exact) mass is 258 g/mol. The zero-order valence-electron chi connectivity index (χ0n) is 9.74. The Morgan fingerprint density at radius 3 is 2.06 bits per heavy atom. The van der Waals surface area contributed by atoms with Crippen molar-refractivity contribution in [3.8, 4) is 0 Å². The molecule has 88 valence electrons. The zero-order valence-corrected chi connectivity index (χ0v) is 10.8. The summed E-state index contributed by atoms with van der Waals surface area (Å²) in [7, 11) is 0. The van der Waals surface area contributed by atoms with Gasteiger partial charge in [-0.1, -0.05) is 42.5 Å². The van der Waals surface area contributed by atoms with Gasteiger partial charge in [-0.3, -0.25) is 0 Å². The number of ether oxygens (including phenoxy) is 1. The minimum absolute atomic E-state index is 0. The van der Waals surface area contributed by atoms with Gasteiger partial charge in [0.15, 0.2) is 0 Å². The average molecular weight is 258 g/mol. The van der Waals surface area contributed by atoms with Gasteiger partial charge >= 0.3 is 0 Å². The van der Waals surface area contributed by atoms with E-state index in [0.29, 0.717) is 6.10 Å². The van der Waals surface area contributed by atoms with E-state index in [2.05, 4.69) is 12.5 Å². The molecule has 2 radical (unpaired) electrons. The fourth-order valence-electron chi connectivity index (χ4n) is 1.09. The van der Waals surface area contributed by atoms with E-state index in [-0.39, 0.29) is 17.1 Å². The molecule has 0 fully saturated rings. The molecule has 2 aliphatic carbocycles. The third-order valence-corrected chi connectivity index (χ3v) is 1.87. The summed E-state index contributed by atoms with van der Waals surface area (Å²) in [5.41, 5.74) is 1.26. The first-order valence-electron chi connectivity index (χ1n) is 5.28. The molecule has 1 nitrogen and oxygen atoms in total. The maximum atomic E-state index is 5.39. The largest absolute Gasteiger partial charge is 0.374 e. The molecule has 2 aliphatic rings. The third-order valence-electron chi connectivity index (χ3n) is 1.87. The first-order chi connectivity index (χ1) is 7.29. The number of hydrogen-bond donors (Lipinski definition) is 0. The van der Waals surface area contributed by atoms with Gasteiger partial charge in [0, 0.05) is 29.9 Å². The van der Waals surface area contributed by atoms with Crippen molar-refractivity contribution in [3.63, 3.8) is 0 Å². The van der Waals surface area contributed by atoms with Gasteiger partial charge in [-0.15, -0.1) is 0 Å². The van der Waals surface area contributed by atoms with Crippen molar-refractivity contribution in [1.82, 2.24) is 0 Å². The standard InChI is InChI=1S/C9H13O.C5H5.Fe/c1-8(2)10-7-9-5-3-4-6-9;1-2-4-5-3-1;/h3-6,8H,7H2,1-2H3;1-5H;. The fraction of sp³-hybridized carbons (Fsp3) is 0.286. The molecule has 2 rings (SSSR count). The van der Waals surface area contributed by atoms with Crippen LogP contribution in [0.4, 0.5) is 0 Å². The second-order valence-corrected chi connectivity index (χ2v) is 3.62. The second kappa shape index (κ2) is 9.65. The van der Waals surface area contributed by atoms with Gasteiger partial charge < -0.3 is 4.74 Å². The van der Waals surface area contributed by atoms with Gasteiger partial charge in [0.1, 0.15) is 0 Å². The fourth-order valence-corrected chi connectivity index (χ4v) is 1.09. The maximum absolute atomic E-state index is 5.39. The summed E-state index contributed by atoms with van der Waals surface area (Å²) in [6.45, 7) is 4.83. The summed E-state index contributed by atoms with van der Waals surface area (Å²) in [5.74, 6) is 0. The van der Waals surface area contributed by atoms with Gasteiger partial charge in [-0.2, -0.15) is 0 Å². The van der Waals surface area contributed by atoms with Crippen molar-refractivity contribution in [1.29, 1.82) is 0 Å². The molecule has 0 saturated heterocycles. The number of allylic oxidation sites excluding steroid dienone is 7. The van der Waals surface area contributed by atoms with Crippen molar-refractivity contribution in [2.75, 3.05) is 6.61 Å². The van der Waals surface area contributed by atoms with E-state index in [4.69, 9.17) is 4.74 Å². The Hall–Kier alpha value is -0.561. The van der Waals surface area contributed by atoms with E-state index in [1.165, 1.54) is 5.57 Å². The molecule has 0 spiro atoms. The van der Waals surface area contributed by atoms with Gasteiger partial charge in [0.2, 0.25) is 0 Å². The normalized spacial score (nSPS) is 15.8. The van der Waals surface area contributed by atoms with Crippen LogP contribution in [0.3, 0.4) is 0 Å². The molecule has 0 heterocycles. The van der Waals surface area contributed by atoms with Crippen LogP contribution < -0.4 is 0 Å². The van der Waals surface area contributed by atoms with Crippen LogP contribution in [-0.2, 0) is 21.8 Å². The van der Waals surface area contributed by atoms with Crippen LogP contribution in [0.1, 0.15) is 13.8 Å². The van der Waals surface area contributed by atoms with E-state index in [1.807, 2.05) is 56.7 Å². The van der Waals surface area contributed by atoms with Crippen molar-refractivity contribution >= 4 is 0 Å². The smallest absolute Gasteiger partial charge is 0.0689 e. The molecule has 0 atom stereocenters. The van der Waals surface area contributed by atoms with Gasteiger partial charge in [-0.05, 0) is 19.4 Å². The molecule has 0 amide bonds. The SMILES string of the molecule is CC(C)OCC1=CC=C[CH]1.[CH]1C=CC=C1.[Fe]. The topological polar surface area (TPSA) is 9.23 Å². The molecular formula is C14H18FeO. The van der Waals surface area contributed by atoms with Crippen LogP contribution in [0.15, 0.2) is 48.1 Å². The summed E-state index contributed by atoms with van der Waals surface area (Å²) in [5, 5.41) is 0. The Bertz CT molecular complexity index is 275.